The summed E-state index contributed by atoms with van der Waals surface area (Å²) in [7, 11) is 2.00. The Morgan fingerprint density at radius 3 is 2.68 bits per heavy atom. The van der Waals surface area contributed by atoms with Gasteiger partial charge < -0.3 is 10.2 Å². The maximum atomic E-state index is 4.54. The van der Waals surface area contributed by atoms with Crippen LogP contribution in [0.4, 0.5) is 0 Å². The third kappa shape index (κ3) is 4.32. The Labute approximate surface area is 117 Å². The van der Waals surface area contributed by atoms with Gasteiger partial charge in [-0.2, -0.15) is 5.10 Å². The second-order valence-corrected chi connectivity index (χ2v) is 5.95. The average molecular weight is 264 g/mol. The van der Waals surface area contributed by atoms with Gasteiger partial charge in [0.1, 0.15) is 0 Å². The van der Waals surface area contributed by atoms with Gasteiger partial charge in [-0.15, -0.1) is 0 Å². The lowest BCUT2D eigenvalue weighted by molar-refractivity contribution is 0.229. The lowest BCUT2D eigenvalue weighted by Gasteiger charge is -2.26. The molecule has 1 saturated heterocycles. The van der Waals surface area contributed by atoms with E-state index in [1.54, 1.807) is 0 Å². The van der Waals surface area contributed by atoms with E-state index in [1.807, 2.05) is 11.7 Å². The average Bonchev–Trinajstić information content (AvgIpc) is 2.77. The van der Waals surface area contributed by atoms with Crippen LogP contribution in [0.25, 0.3) is 0 Å². The molecule has 1 aliphatic heterocycles. The highest BCUT2D eigenvalue weighted by Crippen LogP contribution is 2.16. The van der Waals surface area contributed by atoms with Crippen LogP contribution in [0.15, 0.2) is 6.20 Å². The van der Waals surface area contributed by atoms with Crippen molar-refractivity contribution in [3.63, 3.8) is 0 Å². The first kappa shape index (κ1) is 14.5. The van der Waals surface area contributed by atoms with Crippen LogP contribution in [0.2, 0.25) is 0 Å². The van der Waals surface area contributed by atoms with Crippen LogP contribution in [0, 0.1) is 0 Å². The van der Waals surface area contributed by atoms with Crippen molar-refractivity contribution in [2.45, 2.75) is 45.6 Å². The summed E-state index contributed by atoms with van der Waals surface area (Å²) in [6.45, 7) is 10.2. The molecule has 0 spiro atoms. The molecule has 1 aromatic rings. The molecule has 19 heavy (non-hydrogen) atoms. The minimum absolute atomic E-state index is 0.500. The largest absolute Gasteiger partial charge is 0.311 e. The number of hydrogen-bond acceptors (Lipinski definition) is 3. The second kappa shape index (κ2) is 7.06. The highest BCUT2D eigenvalue weighted by molar-refractivity contribution is 5.19. The van der Waals surface area contributed by atoms with E-state index < -0.39 is 0 Å². The molecule has 4 nitrogen and oxygen atoms in total. The minimum Gasteiger partial charge on any atom is -0.311 e. The monoisotopic (exact) mass is 264 g/mol. The SMILES string of the molecule is CC(C)c1nn(C)cc1CNCCN1CCCCC1. The van der Waals surface area contributed by atoms with Crippen LogP contribution in [0.5, 0.6) is 0 Å². The van der Waals surface area contributed by atoms with E-state index in [-0.39, 0.29) is 0 Å². The van der Waals surface area contributed by atoms with E-state index >= 15 is 0 Å². The molecule has 2 heterocycles. The fourth-order valence-corrected chi connectivity index (χ4v) is 2.82. The zero-order valence-electron chi connectivity index (χ0n) is 12.7. The summed E-state index contributed by atoms with van der Waals surface area (Å²) in [5.41, 5.74) is 2.57. The number of piperidine rings is 1. The van der Waals surface area contributed by atoms with Crippen molar-refractivity contribution in [1.82, 2.24) is 20.0 Å². The van der Waals surface area contributed by atoms with Crippen molar-refractivity contribution in [3.8, 4) is 0 Å². The Morgan fingerprint density at radius 1 is 1.26 bits per heavy atom. The first-order valence-corrected chi connectivity index (χ1v) is 7.62. The van der Waals surface area contributed by atoms with Gasteiger partial charge in [-0.25, -0.2) is 0 Å². The highest BCUT2D eigenvalue weighted by atomic mass is 15.3. The number of nitrogens with zero attached hydrogens (tertiary/aromatic N) is 3. The summed E-state index contributed by atoms with van der Waals surface area (Å²) in [6, 6.07) is 0. The topological polar surface area (TPSA) is 33.1 Å². The Hall–Kier alpha value is -0.870. The molecule has 4 heteroatoms. The van der Waals surface area contributed by atoms with Crippen molar-refractivity contribution >= 4 is 0 Å². The van der Waals surface area contributed by atoms with Crippen LogP contribution >= 0.6 is 0 Å². The van der Waals surface area contributed by atoms with Crippen molar-refractivity contribution in [1.29, 1.82) is 0 Å². The van der Waals surface area contributed by atoms with E-state index in [1.165, 1.54) is 50.2 Å². The molecule has 2 rings (SSSR count). The molecule has 0 atom stereocenters. The minimum atomic E-state index is 0.500. The molecule has 1 N–H and O–H groups in total. The van der Waals surface area contributed by atoms with Crippen molar-refractivity contribution in [3.05, 3.63) is 17.5 Å². The third-order valence-electron chi connectivity index (χ3n) is 3.85. The van der Waals surface area contributed by atoms with Gasteiger partial charge in [0.25, 0.3) is 0 Å². The molecule has 1 fully saturated rings. The van der Waals surface area contributed by atoms with Crippen LogP contribution in [0.1, 0.15) is 50.3 Å². The maximum absolute atomic E-state index is 4.54. The summed E-state index contributed by atoms with van der Waals surface area (Å²) in [6.07, 6.45) is 6.31. The molecular formula is C15H28N4. The number of hydrogen-bond donors (Lipinski definition) is 1. The Balaban J connectivity index is 1.73. The van der Waals surface area contributed by atoms with E-state index in [0.29, 0.717) is 5.92 Å². The standard InChI is InChI=1S/C15H28N4/c1-13(2)15-14(12-18(3)17-15)11-16-7-10-19-8-5-4-6-9-19/h12-13,16H,4-11H2,1-3H3. The van der Waals surface area contributed by atoms with Gasteiger partial charge in [-0.1, -0.05) is 20.3 Å². The quantitative estimate of drug-likeness (QED) is 0.799. The first-order chi connectivity index (χ1) is 9.16. The molecular weight excluding hydrogens is 236 g/mol. The maximum Gasteiger partial charge on any atom is 0.0694 e. The molecule has 0 aromatic carbocycles. The number of likely N-dealkylation sites (tertiary alicyclic amines) is 1. The Bertz CT molecular complexity index is 377. The van der Waals surface area contributed by atoms with E-state index in [4.69, 9.17) is 0 Å². The fourth-order valence-electron chi connectivity index (χ4n) is 2.82. The van der Waals surface area contributed by atoms with E-state index in [9.17, 15) is 0 Å². The summed E-state index contributed by atoms with van der Waals surface area (Å²) >= 11 is 0. The van der Waals surface area contributed by atoms with Gasteiger partial charge in [-0.05, 0) is 31.8 Å². The number of aryl methyl sites for hydroxylation is 1. The summed E-state index contributed by atoms with van der Waals surface area (Å²) < 4.78 is 1.93. The summed E-state index contributed by atoms with van der Waals surface area (Å²) in [4.78, 5) is 2.57. The van der Waals surface area contributed by atoms with E-state index in [2.05, 4.69) is 35.4 Å². The van der Waals surface area contributed by atoms with Gasteiger partial charge >= 0.3 is 0 Å². The van der Waals surface area contributed by atoms with Crippen LogP contribution in [-0.4, -0.2) is 40.9 Å². The van der Waals surface area contributed by atoms with E-state index in [0.717, 1.165) is 13.1 Å². The van der Waals surface area contributed by atoms with Crippen LogP contribution in [0.3, 0.4) is 0 Å². The Kier molecular flexibility index (Phi) is 5.40. The molecule has 0 unspecified atom stereocenters. The molecule has 0 aliphatic carbocycles. The zero-order chi connectivity index (χ0) is 13.7. The lowest BCUT2D eigenvalue weighted by atomic mass is 10.1. The molecule has 0 radical (unpaired) electrons. The van der Waals surface area contributed by atoms with Crippen molar-refractivity contribution in [2.75, 3.05) is 26.2 Å². The molecule has 1 aliphatic rings. The lowest BCUT2D eigenvalue weighted by Crippen LogP contribution is -2.35. The predicted molar refractivity (Wildman–Crippen MR) is 79.3 cm³/mol. The van der Waals surface area contributed by atoms with Crippen LogP contribution in [-0.2, 0) is 13.6 Å². The zero-order valence-corrected chi connectivity index (χ0v) is 12.7. The van der Waals surface area contributed by atoms with Crippen molar-refractivity contribution < 1.29 is 0 Å². The summed E-state index contributed by atoms with van der Waals surface area (Å²) in [5, 5.41) is 8.11. The van der Waals surface area contributed by atoms with Gasteiger partial charge in [0, 0.05) is 38.4 Å². The second-order valence-electron chi connectivity index (χ2n) is 5.95. The third-order valence-corrected chi connectivity index (χ3v) is 3.85. The molecule has 0 saturated carbocycles. The van der Waals surface area contributed by atoms with Crippen molar-refractivity contribution in [2.24, 2.45) is 7.05 Å². The number of aromatic nitrogens is 2. The smallest absolute Gasteiger partial charge is 0.0694 e. The normalized spacial score (nSPS) is 17.3. The Morgan fingerprint density at radius 2 is 2.00 bits per heavy atom. The number of nitrogens with one attached hydrogen (secondary N) is 1. The fraction of sp³-hybridized carbons (Fsp3) is 0.800. The molecule has 1 aromatic heterocycles. The predicted octanol–water partition coefficient (Wildman–Crippen LogP) is 2.12. The highest BCUT2D eigenvalue weighted by Gasteiger charge is 2.12. The number of rotatable bonds is 6. The summed E-state index contributed by atoms with van der Waals surface area (Å²) in [5.74, 6) is 0.500. The van der Waals surface area contributed by atoms with Gasteiger partial charge in [0.15, 0.2) is 0 Å². The molecule has 0 bridgehead atoms. The van der Waals surface area contributed by atoms with Gasteiger partial charge in [0.05, 0.1) is 5.69 Å². The van der Waals surface area contributed by atoms with Crippen LogP contribution < -0.4 is 5.32 Å². The van der Waals surface area contributed by atoms with Gasteiger partial charge in [0.2, 0.25) is 0 Å². The first-order valence-electron chi connectivity index (χ1n) is 7.62. The molecule has 108 valence electrons. The molecule has 0 amide bonds. The van der Waals surface area contributed by atoms with Gasteiger partial charge in [-0.3, -0.25) is 4.68 Å².